The molecule has 0 aliphatic carbocycles. The Labute approximate surface area is 85.1 Å². The molecule has 1 fully saturated rings. The van der Waals surface area contributed by atoms with E-state index < -0.39 is 0 Å². The average Bonchev–Trinajstić information content (AvgIpc) is 2.16. The Morgan fingerprint density at radius 3 is 2.57 bits per heavy atom. The summed E-state index contributed by atoms with van der Waals surface area (Å²) in [5.41, 5.74) is 0. The first-order valence-electron chi connectivity index (χ1n) is 4.98. The predicted octanol–water partition coefficient (Wildman–Crippen LogP) is 1.78. The van der Waals surface area contributed by atoms with Crippen molar-refractivity contribution in [2.75, 3.05) is 7.11 Å². The van der Waals surface area contributed by atoms with Crippen molar-refractivity contribution in [2.45, 2.75) is 33.0 Å². The molecule has 0 aromatic carbocycles. The minimum atomic E-state index is -0.170. The third-order valence-electron chi connectivity index (χ3n) is 2.81. The SMILES string of the molecule is C/C=C/[C@H]1OC(=O)[C@H](C)[C@H](OC)[C@H]1C. The molecule has 3 heteroatoms. The molecule has 0 saturated carbocycles. The standard InChI is InChI=1S/C11H18O3/c1-5-6-9-7(2)10(13-4)8(3)11(12)14-9/h5-10H,1-4H3/b6-5+/t7-,8+,9+,10+/m0/s1. The van der Waals surface area contributed by atoms with Crippen molar-refractivity contribution >= 4 is 5.97 Å². The number of cyclic esters (lactones) is 1. The van der Waals surface area contributed by atoms with Gasteiger partial charge in [-0.1, -0.05) is 13.0 Å². The van der Waals surface area contributed by atoms with E-state index in [4.69, 9.17) is 9.47 Å². The maximum Gasteiger partial charge on any atom is 0.311 e. The predicted molar refractivity (Wildman–Crippen MR) is 53.8 cm³/mol. The fourth-order valence-corrected chi connectivity index (χ4v) is 1.95. The van der Waals surface area contributed by atoms with Crippen LogP contribution >= 0.6 is 0 Å². The van der Waals surface area contributed by atoms with Crippen molar-refractivity contribution < 1.29 is 14.3 Å². The summed E-state index contributed by atoms with van der Waals surface area (Å²) in [5, 5.41) is 0. The summed E-state index contributed by atoms with van der Waals surface area (Å²) in [5.74, 6) is -0.126. The molecule has 0 spiro atoms. The Morgan fingerprint density at radius 2 is 2.07 bits per heavy atom. The zero-order chi connectivity index (χ0) is 10.7. The highest BCUT2D eigenvalue weighted by atomic mass is 16.6. The molecule has 0 N–H and O–H groups in total. The molecule has 0 bridgehead atoms. The summed E-state index contributed by atoms with van der Waals surface area (Å²) in [6.45, 7) is 5.81. The summed E-state index contributed by atoms with van der Waals surface area (Å²) in [4.78, 5) is 11.5. The monoisotopic (exact) mass is 198 g/mol. The maximum atomic E-state index is 11.5. The van der Waals surface area contributed by atoms with Gasteiger partial charge in [0, 0.05) is 13.0 Å². The van der Waals surface area contributed by atoms with Crippen molar-refractivity contribution in [3.8, 4) is 0 Å². The van der Waals surface area contributed by atoms with E-state index >= 15 is 0 Å². The molecule has 4 atom stereocenters. The largest absolute Gasteiger partial charge is 0.457 e. The van der Waals surface area contributed by atoms with Gasteiger partial charge < -0.3 is 9.47 Å². The highest BCUT2D eigenvalue weighted by Crippen LogP contribution is 2.28. The minimum absolute atomic E-state index is 0.0440. The van der Waals surface area contributed by atoms with Gasteiger partial charge in [-0.3, -0.25) is 4.79 Å². The number of ether oxygens (including phenoxy) is 2. The van der Waals surface area contributed by atoms with Crippen LogP contribution < -0.4 is 0 Å². The van der Waals surface area contributed by atoms with Crippen LogP contribution in [0.15, 0.2) is 12.2 Å². The van der Waals surface area contributed by atoms with Gasteiger partial charge in [-0.05, 0) is 19.9 Å². The number of hydrogen-bond acceptors (Lipinski definition) is 3. The van der Waals surface area contributed by atoms with E-state index in [1.54, 1.807) is 7.11 Å². The third kappa shape index (κ3) is 1.98. The normalized spacial score (nSPS) is 38.7. The van der Waals surface area contributed by atoms with Crippen molar-refractivity contribution in [3.05, 3.63) is 12.2 Å². The zero-order valence-electron chi connectivity index (χ0n) is 9.19. The Hall–Kier alpha value is -0.830. The van der Waals surface area contributed by atoms with Crippen LogP contribution in [0.1, 0.15) is 20.8 Å². The molecule has 0 aromatic rings. The summed E-state index contributed by atoms with van der Waals surface area (Å²) in [6, 6.07) is 0. The second kappa shape index (κ2) is 4.60. The van der Waals surface area contributed by atoms with Gasteiger partial charge in [0.1, 0.15) is 6.10 Å². The second-order valence-electron chi connectivity index (χ2n) is 3.78. The fraction of sp³-hybridized carbons (Fsp3) is 0.727. The van der Waals surface area contributed by atoms with E-state index in [2.05, 4.69) is 0 Å². The third-order valence-corrected chi connectivity index (χ3v) is 2.81. The van der Waals surface area contributed by atoms with E-state index in [0.717, 1.165) is 0 Å². The number of rotatable bonds is 2. The van der Waals surface area contributed by atoms with E-state index in [9.17, 15) is 4.79 Å². The molecular weight excluding hydrogens is 180 g/mol. The Bertz CT molecular complexity index is 235. The average molecular weight is 198 g/mol. The lowest BCUT2D eigenvalue weighted by Crippen LogP contribution is -2.46. The first-order chi connectivity index (χ1) is 6.61. The van der Waals surface area contributed by atoms with Gasteiger partial charge in [0.2, 0.25) is 0 Å². The van der Waals surface area contributed by atoms with Crippen LogP contribution in [-0.4, -0.2) is 25.3 Å². The van der Waals surface area contributed by atoms with Crippen molar-refractivity contribution in [3.63, 3.8) is 0 Å². The lowest BCUT2D eigenvalue weighted by atomic mass is 9.86. The van der Waals surface area contributed by atoms with Crippen LogP contribution in [0.4, 0.5) is 0 Å². The highest BCUT2D eigenvalue weighted by Gasteiger charge is 2.40. The van der Waals surface area contributed by atoms with E-state index in [1.807, 2.05) is 32.9 Å². The summed E-state index contributed by atoms with van der Waals surface area (Å²) in [6.07, 6.45) is 3.61. The van der Waals surface area contributed by atoms with Gasteiger partial charge in [0.15, 0.2) is 0 Å². The van der Waals surface area contributed by atoms with Gasteiger partial charge in [0.25, 0.3) is 0 Å². The first kappa shape index (κ1) is 11.2. The molecule has 1 rings (SSSR count). The quantitative estimate of drug-likeness (QED) is 0.501. The van der Waals surface area contributed by atoms with Crippen LogP contribution in [-0.2, 0) is 14.3 Å². The van der Waals surface area contributed by atoms with Crippen LogP contribution in [0.25, 0.3) is 0 Å². The number of carbonyl (C=O) groups excluding carboxylic acids is 1. The number of allylic oxidation sites excluding steroid dienone is 1. The number of esters is 1. The van der Waals surface area contributed by atoms with E-state index in [-0.39, 0.29) is 30.0 Å². The summed E-state index contributed by atoms with van der Waals surface area (Å²) in [7, 11) is 1.64. The van der Waals surface area contributed by atoms with Gasteiger partial charge in [-0.25, -0.2) is 0 Å². The van der Waals surface area contributed by atoms with Gasteiger partial charge in [-0.15, -0.1) is 0 Å². The zero-order valence-corrected chi connectivity index (χ0v) is 9.19. The topological polar surface area (TPSA) is 35.5 Å². The Morgan fingerprint density at radius 1 is 1.43 bits per heavy atom. The molecule has 1 aliphatic heterocycles. The minimum Gasteiger partial charge on any atom is -0.457 e. The van der Waals surface area contributed by atoms with E-state index in [1.165, 1.54) is 0 Å². The molecule has 0 amide bonds. The van der Waals surface area contributed by atoms with Crippen molar-refractivity contribution in [2.24, 2.45) is 11.8 Å². The molecule has 80 valence electrons. The smallest absolute Gasteiger partial charge is 0.311 e. The highest BCUT2D eigenvalue weighted by molar-refractivity contribution is 5.74. The van der Waals surface area contributed by atoms with Crippen LogP contribution in [0.3, 0.4) is 0 Å². The molecule has 0 radical (unpaired) electrons. The second-order valence-corrected chi connectivity index (χ2v) is 3.78. The molecule has 1 aliphatic rings. The number of methoxy groups -OCH3 is 1. The number of carbonyl (C=O) groups is 1. The van der Waals surface area contributed by atoms with Crippen LogP contribution in [0.2, 0.25) is 0 Å². The molecule has 1 heterocycles. The molecule has 3 nitrogen and oxygen atoms in total. The molecule has 1 saturated heterocycles. The van der Waals surface area contributed by atoms with Crippen molar-refractivity contribution in [1.82, 2.24) is 0 Å². The Balaban J connectivity index is 2.80. The van der Waals surface area contributed by atoms with E-state index in [0.29, 0.717) is 0 Å². The molecular formula is C11H18O3. The van der Waals surface area contributed by atoms with Gasteiger partial charge in [-0.2, -0.15) is 0 Å². The number of hydrogen-bond donors (Lipinski definition) is 0. The fourth-order valence-electron chi connectivity index (χ4n) is 1.95. The lowest BCUT2D eigenvalue weighted by Gasteiger charge is -2.36. The molecule has 0 aromatic heterocycles. The van der Waals surface area contributed by atoms with Crippen LogP contribution in [0, 0.1) is 11.8 Å². The summed E-state index contributed by atoms with van der Waals surface area (Å²) < 4.78 is 10.6. The maximum absolute atomic E-state index is 11.5. The lowest BCUT2D eigenvalue weighted by molar-refractivity contribution is -0.175. The summed E-state index contributed by atoms with van der Waals surface area (Å²) >= 11 is 0. The molecule has 0 unspecified atom stereocenters. The van der Waals surface area contributed by atoms with Crippen LogP contribution in [0.5, 0.6) is 0 Å². The van der Waals surface area contributed by atoms with Crippen molar-refractivity contribution in [1.29, 1.82) is 0 Å². The van der Waals surface area contributed by atoms with Gasteiger partial charge in [0.05, 0.1) is 12.0 Å². The Kier molecular flexibility index (Phi) is 3.69. The molecule has 14 heavy (non-hydrogen) atoms. The van der Waals surface area contributed by atoms with Gasteiger partial charge >= 0.3 is 5.97 Å². The first-order valence-corrected chi connectivity index (χ1v) is 4.98.